The standard InChI is InChI=1S/C7H16BN/c1-6-3-4-7(8)5-9(6)2/h6-7H,3-5,8H2,1-2H3. The van der Waals surface area contributed by atoms with Crippen molar-refractivity contribution >= 4 is 7.85 Å². The summed E-state index contributed by atoms with van der Waals surface area (Å²) in [5.41, 5.74) is 0. The molecule has 0 aromatic carbocycles. The third-order valence-corrected chi connectivity index (χ3v) is 2.43. The van der Waals surface area contributed by atoms with Crippen LogP contribution in [0.1, 0.15) is 19.8 Å². The van der Waals surface area contributed by atoms with Crippen molar-refractivity contribution in [1.29, 1.82) is 0 Å². The van der Waals surface area contributed by atoms with Crippen molar-refractivity contribution < 1.29 is 0 Å². The molecule has 2 heteroatoms. The molecule has 1 nitrogen and oxygen atoms in total. The van der Waals surface area contributed by atoms with Gasteiger partial charge in [-0.25, -0.2) is 0 Å². The zero-order valence-electron chi connectivity index (χ0n) is 6.72. The zero-order valence-corrected chi connectivity index (χ0v) is 6.72. The molecule has 1 aliphatic rings. The van der Waals surface area contributed by atoms with Crippen LogP contribution in [0.25, 0.3) is 0 Å². The molecule has 0 bridgehead atoms. The molecule has 1 heterocycles. The van der Waals surface area contributed by atoms with Crippen LogP contribution in [0.4, 0.5) is 0 Å². The highest BCUT2D eigenvalue weighted by Gasteiger charge is 2.18. The Morgan fingerprint density at radius 3 is 2.56 bits per heavy atom. The average Bonchev–Trinajstić information content (AvgIpc) is 1.80. The first-order chi connectivity index (χ1) is 4.20. The van der Waals surface area contributed by atoms with E-state index in [1.165, 1.54) is 19.4 Å². The van der Waals surface area contributed by atoms with Gasteiger partial charge >= 0.3 is 0 Å². The molecule has 9 heavy (non-hydrogen) atoms. The second-order valence-electron chi connectivity index (χ2n) is 3.47. The van der Waals surface area contributed by atoms with Gasteiger partial charge in [-0.1, -0.05) is 12.2 Å². The number of nitrogens with zero attached hydrogens (tertiary/aromatic N) is 1. The van der Waals surface area contributed by atoms with E-state index in [0.29, 0.717) is 0 Å². The van der Waals surface area contributed by atoms with E-state index in [4.69, 9.17) is 0 Å². The summed E-state index contributed by atoms with van der Waals surface area (Å²) in [6.07, 6.45) is 2.81. The van der Waals surface area contributed by atoms with E-state index >= 15 is 0 Å². The molecule has 0 amide bonds. The minimum absolute atomic E-state index is 0.821. The summed E-state index contributed by atoms with van der Waals surface area (Å²) in [7, 11) is 4.56. The Balaban J connectivity index is 2.35. The Bertz CT molecular complexity index is 94.9. The van der Waals surface area contributed by atoms with Crippen LogP contribution in [-0.2, 0) is 0 Å². The first-order valence-electron chi connectivity index (χ1n) is 3.90. The Kier molecular flexibility index (Phi) is 2.17. The van der Waals surface area contributed by atoms with E-state index in [1.54, 1.807) is 0 Å². The van der Waals surface area contributed by atoms with Crippen molar-refractivity contribution in [3.63, 3.8) is 0 Å². The largest absolute Gasteiger partial charge is 0.304 e. The van der Waals surface area contributed by atoms with E-state index in [-0.39, 0.29) is 0 Å². The summed E-state index contributed by atoms with van der Waals surface area (Å²) < 4.78 is 0. The summed E-state index contributed by atoms with van der Waals surface area (Å²) in [5.74, 6) is 0.922. The molecule has 1 aliphatic heterocycles. The first kappa shape index (κ1) is 7.14. The highest BCUT2D eigenvalue weighted by molar-refractivity contribution is 6.11. The van der Waals surface area contributed by atoms with Gasteiger partial charge < -0.3 is 4.90 Å². The van der Waals surface area contributed by atoms with Crippen molar-refractivity contribution in [3.8, 4) is 0 Å². The van der Waals surface area contributed by atoms with Crippen LogP contribution >= 0.6 is 0 Å². The Morgan fingerprint density at radius 2 is 2.11 bits per heavy atom. The van der Waals surface area contributed by atoms with E-state index in [0.717, 1.165) is 11.9 Å². The molecule has 2 atom stereocenters. The lowest BCUT2D eigenvalue weighted by Crippen LogP contribution is -2.36. The van der Waals surface area contributed by atoms with Gasteiger partial charge in [0, 0.05) is 6.04 Å². The van der Waals surface area contributed by atoms with Crippen molar-refractivity contribution in [2.24, 2.45) is 0 Å². The summed E-state index contributed by atoms with van der Waals surface area (Å²) in [6.45, 7) is 3.60. The number of hydrogen-bond donors (Lipinski definition) is 0. The van der Waals surface area contributed by atoms with Gasteiger partial charge in [0.15, 0.2) is 0 Å². The van der Waals surface area contributed by atoms with E-state index < -0.39 is 0 Å². The molecule has 1 saturated heterocycles. The van der Waals surface area contributed by atoms with Gasteiger partial charge in [0.1, 0.15) is 7.85 Å². The molecule has 0 aromatic heterocycles. The molecule has 1 rings (SSSR count). The molecule has 1 fully saturated rings. The van der Waals surface area contributed by atoms with Crippen LogP contribution in [-0.4, -0.2) is 32.4 Å². The van der Waals surface area contributed by atoms with Crippen molar-refractivity contribution in [2.75, 3.05) is 13.6 Å². The minimum Gasteiger partial charge on any atom is -0.304 e. The Morgan fingerprint density at radius 1 is 1.44 bits per heavy atom. The topological polar surface area (TPSA) is 3.24 Å². The zero-order chi connectivity index (χ0) is 6.85. The average molecular weight is 125 g/mol. The monoisotopic (exact) mass is 125 g/mol. The molecule has 0 saturated carbocycles. The van der Waals surface area contributed by atoms with Crippen LogP contribution in [0.2, 0.25) is 5.82 Å². The van der Waals surface area contributed by atoms with Gasteiger partial charge in [-0.15, -0.1) is 0 Å². The maximum absolute atomic E-state index is 2.45. The molecule has 0 spiro atoms. The molecular weight excluding hydrogens is 109 g/mol. The predicted molar refractivity (Wildman–Crippen MR) is 43.6 cm³/mol. The summed E-state index contributed by atoms with van der Waals surface area (Å²) >= 11 is 0. The van der Waals surface area contributed by atoms with Gasteiger partial charge in [0.2, 0.25) is 0 Å². The second kappa shape index (κ2) is 2.74. The first-order valence-corrected chi connectivity index (χ1v) is 3.90. The molecule has 52 valence electrons. The van der Waals surface area contributed by atoms with Gasteiger partial charge in [0.25, 0.3) is 0 Å². The maximum atomic E-state index is 2.45. The lowest BCUT2D eigenvalue weighted by Gasteiger charge is -2.33. The Hall–Kier alpha value is 0.0249. The van der Waals surface area contributed by atoms with E-state index in [2.05, 4.69) is 26.7 Å². The molecule has 0 N–H and O–H groups in total. The highest BCUT2D eigenvalue weighted by atomic mass is 15.1. The summed E-state index contributed by atoms with van der Waals surface area (Å²) in [4.78, 5) is 2.45. The van der Waals surface area contributed by atoms with Gasteiger partial charge in [0.05, 0.1) is 0 Å². The molecule has 0 aliphatic carbocycles. The fourth-order valence-electron chi connectivity index (χ4n) is 1.51. The van der Waals surface area contributed by atoms with Crippen LogP contribution < -0.4 is 0 Å². The van der Waals surface area contributed by atoms with E-state index in [1.807, 2.05) is 0 Å². The lowest BCUT2D eigenvalue weighted by molar-refractivity contribution is 0.201. The van der Waals surface area contributed by atoms with Crippen molar-refractivity contribution in [3.05, 3.63) is 0 Å². The number of piperidine rings is 1. The SMILES string of the molecule is BC1CCC(C)N(C)C1. The quantitative estimate of drug-likeness (QED) is 0.426. The third-order valence-electron chi connectivity index (χ3n) is 2.43. The summed E-state index contributed by atoms with van der Waals surface area (Å²) in [6, 6.07) is 0.821. The smallest absolute Gasteiger partial charge is 0.107 e. The maximum Gasteiger partial charge on any atom is 0.107 e. The van der Waals surface area contributed by atoms with Gasteiger partial charge in [-0.2, -0.15) is 0 Å². The van der Waals surface area contributed by atoms with Crippen LogP contribution in [0.15, 0.2) is 0 Å². The molecular formula is C7H16BN. The number of hydrogen-bond acceptors (Lipinski definition) is 1. The molecule has 2 unspecified atom stereocenters. The fraction of sp³-hybridized carbons (Fsp3) is 1.00. The number of rotatable bonds is 0. The molecule has 0 aromatic rings. The second-order valence-corrected chi connectivity index (χ2v) is 3.47. The van der Waals surface area contributed by atoms with E-state index in [9.17, 15) is 0 Å². The van der Waals surface area contributed by atoms with Gasteiger partial charge in [-0.05, 0) is 26.9 Å². The van der Waals surface area contributed by atoms with Crippen LogP contribution in [0.3, 0.4) is 0 Å². The summed E-state index contributed by atoms with van der Waals surface area (Å²) in [5, 5.41) is 0. The highest BCUT2D eigenvalue weighted by Crippen LogP contribution is 2.21. The molecule has 0 radical (unpaired) electrons. The lowest BCUT2D eigenvalue weighted by atomic mass is 9.79. The van der Waals surface area contributed by atoms with Crippen molar-refractivity contribution in [1.82, 2.24) is 4.90 Å². The fourth-order valence-corrected chi connectivity index (χ4v) is 1.51. The number of likely N-dealkylation sites (tertiary alicyclic amines) is 1. The normalized spacial score (nSPS) is 38.9. The Labute approximate surface area is 58.8 Å². The van der Waals surface area contributed by atoms with Crippen LogP contribution in [0.5, 0.6) is 0 Å². The minimum atomic E-state index is 0.821. The third kappa shape index (κ3) is 1.72. The van der Waals surface area contributed by atoms with Crippen molar-refractivity contribution in [2.45, 2.75) is 31.6 Å². The van der Waals surface area contributed by atoms with Crippen LogP contribution in [0, 0.1) is 0 Å². The van der Waals surface area contributed by atoms with Gasteiger partial charge in [-0.3, -0.25) is 0 Å². The predicted octanol–water partition coefficient (Wildman–Crippen LogP) is 0.522.